The zero-order chi connectivity index (χ0) is 11.5. The number of carbonyl (C=O) groups is 1. The predicted octanol–water partition coefficient (Wildman–Crippen LogP) is 3.05. The number of esters is 1. The fraction of sp³-hybridized carbons (Fsp3) is 0.571. The summed E-state index contributed by atoms with van der Waals surface area (Å²) in [5, 5.41) is 0. The van der Waals surface area contributed by atoms with Crippen LogP contribution in [0.25, 0.3) is 0 Å². The molecule has 0 amide bonds. The van der Waals surface area contributed by atoms with Crippen LogP contribution in [-0.2, 0) is 9.53 Å². The van der Waals surface area contributed by atoms with Gasteiger partial charge in [0.1, 0.15) is 6.10 Å². The Hall–Kier alpha value is -0.530. The third kappa shape index (κ3) is 2.78. The summed E-state index contributed by atoms with van der Waals surface area (Å²) in [6.45, 7) is 3.97. The van der Waals surface area contributed by atoms with Crippen molar-refractivity contribution in [1.29, 1.82) is 0 Å². The molecule has 0 atom stereocenters. The van der Waals surface area contributed by atoms with Gasteiger partial charge in [0.2, 0.25) is 0 Å². The van der Waals surface area contributed by atoms with E-state index in [0.29, 0.717) is 0 Å². The number of rotatable bonds is 2. The molecule has 16 heavy (non-hydrogen) atoms. The van der Waals surface area contributed by atoms with Crippen LogP contribution in [-0.4, -0.2) is 12.1 Å². The van der Waals surface area contributed by atoms with Crippen LogP contribution in [0.1, 0.15) is 46.0 Å². The maximum atomic E-state index is 11.9. The molecule has 0 heterocycles. The Bertz CT molecular complexity index is 243. The van der Waals surface area contributed by atoms with E-state index in [9.17, 15) is 4.79 Å². The van der Waals surface area contributed by atoms with E-state index in [1.54, 1.807) is 0 Å². The van der Waals surface area contributed by atoms with Gasteiger partial charge in [-0.05, 0) is 50.4 Å². The van der Waals surface area contributed by atoms with Crippen LogP contribution in [0.15, 0.2) is 0 Å². The first-order valence-electron chi connectivity index (χ1n) is 6.12. The molecule has 0 unspecified atom stereocenters. The van der Waals surface area contributed by atoms with Gasteiger partial charge in [-0.2, -0.15) is 0 Å². The minimum absolute atomic E-state index is 0.141. The van der Waals surface area contributed by atoms with Gasteiger partial charge in [-0.3, -0.25) is 4.79 Å². The van der Waals surface area contributed by atoms with Gasteiger partial charge in [-0.15, -0.1) is 0 Å². The molecule has 2 fully saturated rings. The summed E-state index contributed by atoms with van der Waals surface area (Å²) in [5.74, 6) is 2.76. The van der Waals surface area contributed by atoms with Crippen molar-refractivity contribution in [2.24, 2.45) is 0 Å². The molecule has 0 saturated heterocycles. The van der Waals surface area contributed by atoms with Crippen LogP contribution in [0, 0.1) is 30.6 Å². The number of ether oxygens (including phenoxy) is 1. The van der Waals surface area contributed by atoms with Crippen molar-refractivity contribution < 1.29 is 9.53 Å². The summed E-state index contributed by atoms with van der Waals surface area (Å²) in [6, 6.07) is 0. The molecule has 0 aromatic heterocycles. The molecule has 2 rings (SSSR count). The number of hydrogen-bond acceptors (Lipinski definition) is 2. The first-order valence-corrected chi connectivity index (χ1v) is 6.12. The van der Waals surface area contributed by atoms with Crippen molar-refractivity contribution in [2.45, 2.75) is 52.1 Å². The molecule has 0 N–H and O–H groups in total. The standard InChI is InChI=1S/C14H19O2/c1-10-8-11(2)13(9-10)14(15)16-12-6-4-3-5-7-12/h8-9,12H,3-7H2,1-2H3. The van der Waals surface area contributed by atoms with Crippen LogP contribution in [0.2, 0.25) is 0 Å². The molecule has 0 bridgehead atoms. The Morgan fingerprint density at radius 1 is 1.19 bits per heavy atom. The van der Waals surface area contributed by atoms with Gasteiger partial charge in [-0.25, -0.2) is 0 Å². The molecule has 2 saturated carbocycles. The van der Waals surface area contributed by atoms with Crippen LogP contribution >= 0.6 is 0 Å². The van der Waals surface area contributed by atoms with Gasteiger partial charge in [0.25, 0.3) is 0 Å². The molecule has 0 aliphatic heterocycles. The molecule has 2 nitrogen and oxygen atoms in total. The molecular formula is C14H19O2. The highest BCUT2D eigenvalue weighted by molar-refractivity contribution is 5.93. The zero-order valence-electron chi connectivity index (χ0n) is 10.1. The maximum absolute atomic E-state index is 11.9. The smallest absolute Gasteiger partial charge is 0.314 e. The van der Waals surface area contributed by atoms with Crippen LogP contribution in [0.4, 0.5) is 0 Å². The first kappa shape index (κ1) is 11.9. The Labute approximate surface area is 98.7 Å². The van der Waals surface area contributed by atoms with Gasteiger partial charge in [0.05, 0.1) is 5.92 Å². The summed E-state index contributed by atoms with van der Waals surface area (Å²) in [5.41, 5.74) is 0. The molecule has 2 aliphatic rings. The lowest BCUT2D eigenvalue weighted by molar-refractivity contribution is -0.147. The Morgan fingerprint density at radius 2 is 1.88 bits per heavy atom. The van der Waals surface area contributed by atoms with Gasteiger partial charge >= 0.3 is 5.97 Å². The average molecular weight is 219 g/mol. The largest absolute Gasteiger partial charge is 0.462 e. The average Bonchev–Trinajstić information content (AvgIpc) is 2.59. The van der Waals surface area contributed by atoms with Crippen LogP contribution in [0.3, 0.4) is 0 Å². The minimum Gasteiger partial charge on any atom is -0.462 e. The van der Waals surface area contributed by atoms with E-state index in [2.05, 4.69) is 0 Å². The van der Waals surface area contributed by atoms with Crippen LogP contribution < -0.4 is 0 Å². The highest BCUT2D eigenvalue weighted by atomic mass is 16.5. The van der Waals surface area contributed by atoms with Crippen molar-refractivity contribution in [3.63, 3.8) is 0 Å². The lowest BCUT2D eigenvalue weighted by atomic mass is 9.96. The second kappa shape index (κ2) is 5.20. The topological polar surface area (TPSA) is 26.3 Å². The Kier molecular flexibility index (Phi) is 3.88. The van der Waals surface area contributed by atoms with Crippen molar-refractivity contribution in [1.82, 2.24) is 0 Å². The third-order valence-corrected chi connectivity index (χ3v) is 3.29. The second-order valence-electron chi connectivity index (χ2n) is 4.79. The zero-order valence-corrected chi connectivity index (χ0v) is 10.1. The van der Waals surface area contributed by atoms with Crippen molar-refractivity contribution in [3.8, 4) is 0 Å². The van der Waals surface area contributed by atoms with Crippen molar-refractivity contribution in [3.05, 3.63) is 30.6 Å². The lowest BCUT2D eigenvalue weighted by Gasteiger charge is -2.24. The quantitative estimate of drug-likeness (QED) is 0.667. The van der Waals surface area contributed by atoms with E-state index < -0.39 is 0 Å². The third-order valence-electron chi connectivity index (χ3n) is 3.29. The first-order chi connectivity index (χ1) is 7.66. The summed E-state index contributed by atoms with van der Waals surface area (Å²) in [7, 11) is 0. The molecule has 87 valence electrons. The number of hydrogen-bond donors (Lipinski definition) is 0. The van der Waals surface area contributed by atoms with Gasteiger partial charge < -0.3 is 4.74 Å². The van der Waals surface area contributed by atoms with Crippen LogP contribution in [0.5, 0.6) is 0 Å². The monoisotopic (exact) mass is 219 g/mol. The highest BCUT2D eigenvalue weighted by Gasteiger charge is 2.38. The summed E-state index contributed by atoms with van der Waals surface area (Å²) < 4.78 is 5.53. The summed E-state index contributed by atoms with van der Waals surface area (Å²) in [6.07, 6.45) is 9.82. The van der Waals surface area contributed by atoms with Gasteiger partial charge in [0, 0.05) is 0 Å². The van der Waals surface area contributed by atoms with E-state index in [1.165, 1.54) is 19.3 Å². The van der Waals surface area contributed by atoms with Gasteiger partial charge in [-0.1, -0.05) is 20.3 Å². The molecule has 5 radical (unpaired) electrons. The highest BCUT2D eigenvalue weighted by Crippen LogP contribution is 2.39. The maximum Gasteiger partial charge on any atom is 0.314 e. The fourth-order valence-electron chi connectivity index (χ4n) is 2.42. The molecule has 0 spiro atoms. The Morgan fingerprint density at radius 3 is 2.44 bits per heavy atom. The van der Waals surface area contributed by atoms with Crippen molar-refractivity contribution in [2.75, 3.05) is 0 Å². The Balaban J connectivity index is 1.82. The molecule has 2 heteroatoms. The van der Waals surface area contributed by atoms with E-state index in [-0.39, 0.29) is 12.1 Å². The van der Waals surface area contributed by atoms with E-state index in [1.807, 2.05) is 26.7 Å². The molecule has 0 aromatic carbocycles. The number of carbonyl (C=O) groups excluding carboxylic acids is 1. The predicted molar refractivity (Wildman–Crippen MR) is 62.6 cm³/mol. The van der Waals surface area contributed by atoms with E-state index in [0.717, 1.165) is 30.6 Å². The fourth-order valence-corrected chi connectivity index (χ4v) is 2.42. The molecule has 0 aromatic rings. The molecular weight excluding hydrogens is 200 g/mol. The molecule has 2 aliphatic carbocycles. The minimum atomic E-state index is -0.141. The van der Waals surface area contributed by atoms with E-state index >= 15 is 0 Å². The normalized spacial score (nSPS) is 26.1. The van der Waals surface area contributed by atoms with Gasteiger partial charge in [0.15, 0.2) is 0 Å². The SMILES string of the molecule is C[C]1[CH][C](C)[C](C(=O)OC2CCCCC2)[CH]1. The van der Waals surface area contributed by atoms with E-state index in [4.69, 9.17) is 4.74 Å². The summed E-state index contributed by atoms with van der Waals surface area (Å²) in [4.78, 5) is 11.9. The van der Waals surface area contributed by atoms with Crippen molar-refractivity contribution >= 4 is 5.97 Å². The summed E-state index contributed by atoms with van der Waals surface area (Å²) >= 11 is 0. The lowest BCUT2D eigenvalue weighted by Crippen LogP contribution is -2.25. The second-order valence-corrected chi connectivity index (χ2v) is 4.79.